The van der Waals surface area contributed by atoms with Crippen molar-refractivity contribution < 1.29 is 9.53 Å². The zero-order valence-corrected chi connectivity index (χ0v) is 12.7. The molecule has 4 nitrogen and oxygen atoms in total. The Hall–Kier alpha value is -0.610. The van der Waals surface area contributed by atoms with Crippen LogP contribution in [0.5, 0.6) is 0 Å². The Labute approximate surface area is 122 Å². The summed E-state index contributed by atoms with van der Waals surface area (Å²) in [6, 6.07) is 0.179. The lowest BCUT2D eigenvalue weighted by atomic mass is 10.0. The summed E-state index contributed by atoms with van der Waals surface area (Å²) in [5.41, 5.74) is 0. The molecule has 3 rings (SSSR count). The largest absolute Gasteiger partial charge is 0.377 e. The Morgan fingerprint density at radius 1 is 1.15 bits per heavy atom. The number of rotatable bonds is 5. The first-order valence-electron chi connectivity index (χ1n) is 8.44. The van der Waals surface area contributed by atoms with Gasteiger partial charge in [-0.25, -0.2) is 0 Å². The maximum absolute atomic E-state index is 12.9. The van der Waals surface area contributed by atoms with Crippen LogP contribution in [0.15, 0.2) is 0 Å². The second kappa shape index (κ2) is 6.44. The number of carbonyl (C=O) groups excluding carboxylic acids is 1. The first-order valence-corrected chi connectivity index (χ1v) is 8.44. The number of carbonyl (C=O) groups is 1. The summed E-state index contributed by atoms with van der Waals surface area (Å²) in [7, 11) is 0. The second-order valence-electron chi connectivity index (χ2n) is 6.53. The highest BCUT2D eigenvalue weighted by Crippen LogP contribution is 2.37. The molecule has 20 heavy (non-hydrogen) atoms. The van der Waals surface area contributed by atoms with E-state index in [2.05, 4.69) is 9.80 Å². The predicted molar refractivity (Wildman–Crippen MR) is 78.5 cm³/mol. The Balaban J connectivity index is 1.63. The van der Waals surface area contributed by atoms with Crippen LogP contribution < -0.4 is 0 Å². The lowest BCUT2D eigenvalue weighted by Gasteiger charge is -2.37. The molecular weight excluding hydrogens is 252 g/mol. The van der Waals surface area contributed by atoms with Crippen molar-refractivity contribution in [3.63, 3.8) is 0 Å². The standard InChI is InChI=1S/C16H28N2O2/c1-2-20-14-6-5-11-18(12-14)16(19)15(13-7-8-13)17-9-3-4-10-17/h13-15H,2-12H2,1H3/t14-,15+/m1/s1. The minimum atomic E-state index is 0.179. The van der Waals surface area contributed by atoms with Gasteiger partial charge in [0, 0.05) is 19.7 Å². The van der Waals surface area contributed by atoms with Gasteiger partial charge >= 0.3 is 0 Å². The van der Waals surface area contributed by atoms with Crippen LogP contribution in [0.1, 0.15) is 45.4 Å². The molecule has 0 unspecified atom stereocenters. The molecule has 3 aliphatic rings. The van der Waals surface area contributed by atoms with E-state index < -0.39 is 0 Å². The van der Waals surface area contributed by atoms with Gasteiger partial charge in [-0.3, -0.25) is 9.69 Å². The van der Waals surface area contributed by atoms with E-state index in [0.717, 1.165) is 45.6 Å². The summed E-state index contributed by atoms with van der Waals surface area (Å²) in [6.07, 6.45) is 7.47. The van der Waals surface area contributed by atoms with Crippen molar-refractivity contribution in [3.8, 4) is 0 Å². The minimum absolute atomic E-state index is 0.179. The maximum atomic E-state index is 12.9. The fourth-order valence-corrected chi connectivity index (χ4v) is 3.78. The van der Waals surface area contributed by atoms with Crippen LogP contribution in [0.2, 0.25) is 0 Å². The number of hydrogen-bond donors (Lipinski definition) is 0. The first-order chi connectivity index (χ1) is 9.79. The third-order valence-electron chi connectivity index (χ3n) is 4.95. The van der Waals surface area contributed by atoms with Crippen molar-refractivity contribution >= 4 is 5.91 Å². The van der Waals surface area contributed by atoms with E-state index in [1.807, 2.05) is 6.92 Å². The molecule has 0 N–H and O–H groups in total. The van der Waals surface area contributed by atoms with Crippen molar-refractivity contribution in [2.75, 3.05) is 32.8 Å². The molecule has 1 saturated carbocycles. The number of likely N-dealkylation sites (tertiary alicyclic amines) is 2. The summed E-state index contributed by atoms with van der Waals surface area (Å²) in [4.78, 5) is 17.5. The highest BCUT2D eigenvalue weighted by molar-refractivity contribution is 5.82. The fourth-order valence-electron chi connectivity index (χ4n) is 3.78. The van der Waals surface area contributed by atoms with Gasteiger partial charge in [0.15, 0.2) is 0 Å². The third kappa shape index (κ3) is 3.17. The van der Waals surface area contributed by atoms with E-state index in [4.69, 9.17) is 4.74 Å². The molecule has 0 aromatic carbocycles. The topological polar surface area (TPSA) is 32.8 Å². The van der Waals surface area contributed by atoms with E-state index in [9.17, 15) is 4.79 Å². The molecule has 2 aliphatic heterocycles. The van der Waals surface area contributed by atoms with Crippen LogP contribution in [0.25, 0.3) is 0 Å². The van der Waals surface area contributed by atoms with Crippen LogP contribution in [-0.2, 0) is 9.53 Å². The summed E-state index contributed by atoms with van der Waals surface area (Å²) in [5.74, 6) is 1.02. The number of nitrogens with zero attached hydrogens (tertiary/aromatic N) is 2. The summed E-state index contributed by atoms with van der Waals surface area (Å²) in [5, 5.41) is 0. The van der Waals surface area contributed by atoms with Crippen LogP contribution in [0.4, 0.5) is 0 Å². The molecule has 0 radical (unpaired) electrons. The smallest absolute Gasteiger partial charge is 0.240 e. The number of ether oxygens (including phenoxy) is 1. The van der Waals surface area contributed by atoms with Crippen molar-refractivity contribution in [2.45, 2.75) is 57.6 Å². The molecule has 0 bridgehead atoms. The lowest BCUT2D eigenvalue weighted by Crippen LogP contribution is -2.53. The monoisotopic (exact) mass is 280 g/mol. The maximum Gasteiger partial charge on any atom is 0.240 e. The molecule has 2 saturated heterocycles. The van der Waals surface area contributed by atoms with Gasteiger partial charge in [0.2, 0.25) is 5.91 Å². The molecule has 114 valence electrons. The average Bonchev–Trinajstić information content (AvgIpc) is 3.14. The Kier molecular flexibility index (Phi) is 4.61. The van der Waals surface area contributed by atoms with Gasteiger partial charge in [-0.15, -0.1) is 0 Å². The lowest BCUT2D eigenvalue weighted by molar-refractivity contribution is -0.141. The van der Waals surface area contributed by atoms with E-state index >= 15 is 0 Å². The Morgan fingerprint density at radius 3 is 2.55 bits per heavy atom. The molecule has 1 aliphatic carbocycles. The van der Waals surface area contributed by atoms with Gasteiger partial charge in [-0.05, 0) is 64.5 Å². The van der Waals surface area contributed by atoms with E-state index in [1.54, 1.807) is 0 Å². The van der Waals surface area contributed by atoms with Crippen LogP contribution in [0.3, 0.4) is 0 Å². The van der Waals surface area contributed by atoms with Gasteiger partial charge in [-0.2, -0.15) is 0 Å². The SMILES string of the molecule is CCO[C@@H]1CCCN(C(=O)[C@H](C2CC2)N2CCCC2)C1. The fraction of sp³-hybridized carbons (Fsp3) is 0.938. The Bertz CT molecular complexity index is 335. The first kappa shape index (κ1) is 14.3. The molecule has 1 amide bonds. The second-order valence-corrected chi connectivity index (χ2v) is 6.53. The number of hydrogen-bond acceptors (Lipinski definition) is 3. The summed E-state index contributed by atoms with van der Waals surface area (Å²) < 4.78 is 5.74. The molecule has 0 aromatic rings. The van der Waals surface area contributed by atoms with Gasteiger partial charge in [-0.1, -0.05) is 0 Å². The highest BCUT2D eigenvalue weighted by atomic mass is 16.5. The zero-order valence-electron chi connectivity index (χ0n) is 12.7. The van der Waals surface area contributed by atoms with Crippen LogP contribution in [-0.4, -0.2) is 60.6 Å². The molecule has 3 fully saturated rings. The molecular formula is C16H28N2O2. The summed E-state index contributed by atoms with van der Waals surface area (Å²) >= 11 is 0. The molecule has 4 heteroatoms. The third-order valence-corrected chi connectivity index (χ3v) is 4.95. The van der Waals surface area contributed by atoms with Crippen molar-refractivity contribution in [1.29, 1.82) is 0 Å². The molecule has 0 spiro atoms. The number of piperidine rings is 1. The van der Waals surface area contributed by atoms with Gasteiger partial charge in [0.25, 0.3) is 0 Å². The minimum Gasteiger partial charge on any atom is -0.377 e. The van der Waals surface area contributed by atoms with E-state index in [-0.39, 0.29) is 12.1 Å². The summed E-state index contributed by atoms with van der Waals surface area (Å²) in [6.45, 7) is 6.78. The van der Waals surface area contributed by atoms with Gasteiger partial charge < -0.3 is 9.64 Å². The molecule has 2 heterocycles. The van der Waals surface area contributed by atoms with Crippen molar-refractivity contribution in [3.05, 3.63) is 0 Å². The molecule has 2 atom stereocenters. The average molecular weight is 280 g/mol. The molecule has 0 aromatic heterocycles. The quantitative estimate of drug-likeness (QED) is 0.771. The van der Waals surface area contributed by atoms with Crippen molar-refractivity contribution in [2.24, 2.45) is 5.92 Å². The van der Waals surface area contributed by atoms with Gasteiger partial charge in [0.05, 0.1) is 12.1 Å². The zero-order chi connectivity index (χ0) is 13.9. The van der Waals surface area contributed by atoms with Crippen LogP contribution in [0, 0.1) is 5.92 Å². The van der Waals surface area contributed by atoms with Crippen LogP contribution >= 0.6 is 0 Å². The Morgan fingerprint density at radius 2 is 1.90 bits per heavy atom. The normalized spacial score (nSPS) is 29.6. The van der Waals surface area contributed by atoms with E-state index in [0.29, 0.717) is 11.8 Å². The van der Waals surface area contributed by atoms with E-state index in [1.165, 1.54) is 25.7 Å². The van der Waals surface area contributed by atoms with Crippen molar-refractivity contribution in [1.82, 2.24) is 9.80 Å². The van der Waals surface area contributed by atoms with Gasteiger partial charge in [0.1, 0.15) is 0 Å². The predicted octanol–water partition coefficient (Wildman–Crippen LogP) is 1.89. The highest BCUT2D eigenvalue weighted by Gasteiger charge is 2.43. The number of amides is 1.